The maximum absolute atomic E-state index is 13.4. The van der Waals surface area contributed by atoms with Crippen molar-refractivity contribution in [2.75, 3.05) is 23.8 Å². The highest BCUT2D eigenvalue weighted by molar-refractivity contribution is 6.02. The first-order chi connectivity index (χ1) is 16.5. The van der Waals surface area contributed by atoms with E-state index in [9.17, 15) is 9.59 Å². The van der Waals surface area contributed by atoms with Gasteiger partial charge in [0.15, 0.2) is 5.82 Å². The van der Waals surface area contributed by atoms with Gasteiger partial charge in [-0.05, 0) is 30.2 Å². The van der Waals surface area contributed by atoms with Crippen LogP contribution >= 0.6 is 0 Å². The molecule has 0 aliphatic carbocycles. The first kappa shape index (κ1) is 20.5. The van der Waals surface area contributed by atoms with E-state index in [1.54, 1.807) is 16.9 Å². The summed E-state index contributed by atoms with van der Waals surface area (Å²) in [7, 11) is 3.87. The molecule has 6 rings (SSSR count). The normalized spacial score (nSPS) is 16.9. The van der Waals surface area contributed by atoms with Crippen molar-refractivity contribution in [3.8, 4) is 0 Å². The number of hydrogen-bond acceptors (Lipinski definition) is 4. The van der Waals surface area contributed by atoms with Crippen molar-refractivity contribution in [1.82, 2.24) is 19.2 Å². The summed E-state index contributed by atoms with van der Waals surface area (Å²) in [6.07, 6.45) is 2.69. The molecule has 0 bridgehead atoms. The fourth-order valence-electron chi connectivity index (χ4n) is 5.45. The smallest absolute Gasteiger partial charge is 0.257 e. The lowest BCUT2D eigenvalue weighted by atomic mass is 9.96. The second kappa shape index (κ2) is 7.76. The van der Waals surface area contributed by atoms with Crippen molar-refractivity contribution in [2.45, 2.75) is 25.6 Å². The third-order valence-electron chi connectivity index (χ3n) is 6.95. The van der Waals surface area contributed by atoms with Crippen molar-refractivity contribution in [2.24, 2.45) is 7.05 Å². The van der Waals surface area contributed by atoms with Gasteiger partial charge in [-0.3, -0.25) is 14.3 Å². The highest BCUT2D eigenvalue weighted by atomic mass is 16.2. The monoisotopic (exact) mass is 454 g/mol. The van der Waals surface area contributed by atoms with E-state index >= 15 is 0 Å². The zero-order valence-electron chi connectivity index (χ0n) is 19.2. The maximum Gasteiger partial charge on any atom is 0.257 e. The number of benzene rings is 2. The summed E-state index contributed by atoms with van der Waals surface area (Å²) in [4.78, 5) is 30.3. The summed E-state index contributed by atoms with van der Waals surface area (Å²) in [6.45, 7) is 1.19. The van der Waals surface area contributed by atoms with Crippen LogP contribution in [-0.4, -0.2) is 44.7 Å². The first-order valence-electron chi connectivity index (χ1n) is 11.6. The molecule has 0 radical (unpaired) electrons. The molecule has 0 spiro atoms. The number of fused-ring (bicyclic) bond motifs is 6. The summed E-state index contributed by atoms with van der Waals surface area (Å²) in [6, 6.07) is 17.9. The zero-order chi connectivity index (χ0) is 23.4. The summed E-state index contributed by atoms with van der Waals surface area (Å²) in [5.74, 6) is 0.526. The number of rotatable bonds is 4. The maximum atomic E-state index is 13.4. The van der Waals surface area contributed by atoms with E-state index in [2.05, 4.69) is 38.1 Å². The van der Waals surface area contributed by atoms with E-state index in [0.717, 1.165) is 28.9 Å². The molecule has 2 aliphatic heterocycles. The summed E-state index contributed by atoms with van der Waals surface area (Å²) in [5, 5.41) is 8.31. The molecule has 0 fully saturated rings. The molecule has 2 aromatic heterocycles. The number of aromatic nitrogens is 3. The van der Waals surface area contributed by atoms with Gasteiger partial charge in [0, 0.05) is 56.8 Å². The molecule has 0 unspecified atom stereocenters. The van der Waals surface area contributed by atoms with Crippen LogP contribution < -0.4 is 10.2 Å². The number of amides is 2. The molecule has 4 aromatic rings. The number of aryl methyl sites for hydroxylation is 2. The van der Waals surface area contributed by atoms with Gasteiger partial charge in [-0.2, -0.15) is 5.10 Å². The minimum absolute atomic E-state index is 0.0639. The first-order valence-corrected chi connectivity index (χ1v) is 11.6. The molecule has 34 heavy (non-hydrogen) atoms. The average molecular weight is 455 g/mol. The Hall–Kier alpha value is -4.07. The lowest BCUT2D eigenvalue weighted by Gasteiger charge is -2.46. The van der Waals surface area contributed by atoms with Crippen LogP contribution in [0.4, 0.5) is 11.5 Å². The second-order valence-corrected chi connectivity index (χ2v) is 8.96. The molecular weight excluding hydrogens is 428 g/mol. The Balaban J connectivity index is 1.40. The summed E-state index contributed by atoms with van der Waals surface area (Å²) < 4.78 is 3.89. The van der Waals surface area contributed by atoms with Crippen LogP contribution in [0.25, 0.3) is 10.9 Å². The van der Waals surface area contributed by atoms with Gasteiger partial charge >= 0.3 is 0 Å². The van der Waals surface area contributed by atoms with Gasteiger partial charge in [0.1, 0.15) is 6.17 Å². The molecule has 172 valence electrons. The largest absolute Gasteiger partial charge is 0.349 e. The fraction of sp³-hybridized carbons (Fsp3) is 0.269. The van der Waals surface area contributed by atoms with Gasteiger partial charge in [0.2, 0.25) is 5.91 Å². The Bertz CT molecular complexity index is 1430. The topological polar surface area (TPSA) is 75.4 Å². The summed E-state index contributed by atoms with van der Waals surface area (Å²) in [5.41, 5.74) is 5.14. The van der Waals surface area contributed by atoms with Crippen molar-refractivity contribution < 1.29 is 9.59 Å². The molecule has 4 heterocycles. The Morgan fingerprint density at radius 1 is 1.09 bits per heavy atom. The molecule has 2 aliphatic rings. The van der Waals surface area contributed by atoms with Crippen LogP contribution in [0.2, 0.25) is 0 Å². The van der Waals surface area contributed by atoms with Crippen LogP contribution in [0, 0.1) is 0 Å². The number of carbonyl (C=O) groups is 2. The van der Waals surface area contributed by atoms with Crippen LogP contribution in [0.3, 0.4) is 0 Å². The standard InChI is InChI=1S/C26H26N6O2/c1-29-14-12-22(28-29)27-23(33)13-16-31-21-10-6-3-7-17(21)18-11-15-32-25(24(18)31)30(2)20-9-5-4-8-19(20)26(32)34/h3-10,12,14,25H,11,13,15-16H2,1-2H3,(H,27,28,33)/t25-/m1/s1. The molecule has 8 nitrogen and oxygen atoms in total. The molecule has 0 saturated carbocycles. The van der Waals surface area contributed by atoms with E-state index < -0.39 is 0 Å². The minimum Gasteiger partial charge on any atom is -0.349 e. The predicted molar refractivity (Wildman–Crippen MR) is 131 cm³/mol. The van der Waals surface area contributed by atoms with E-state index in [1.807, 2.05) is 49.3 Å². The number of nitrogens with one attached hydrogen (secondary N) is 1. The van der Waals surface area contributed by atoms with Gasteiger partial charge < -0.3 is 19.7 Å². The highest BCUT2D eigenvalue weighted by Gasteiger charge is 2.42. The second-order valence-electron chi connectivity index (χ2n) is 8.96. The van der Waals surface area contributed by atoms with Gasteiger partial charge in [0.05, 0.1) is 16.9 Å². The van der Waals surface area contributed by atoms with Gasteiger partial charge in [-0.1, -0.05) is 30.3 Å². The Morgan fingerprint density at radius 2 is 1.88 bits per heavy atom. The number of nitrogens with zero attached hydrogens (tertiary/aromatic N) is 5. The van der Waals surface area contributed by atoms with Crippen LogP contribution in [0.15, 0.2) is 60.8 Å². The third-order valence-corrected chi connectivity index (χ3v) is 6.95. The Labute approximate surface area is 197 Å². The molecular formula is C26H26N6O2. The predicted octanol–water partition coefficient (Wildman–Crippen LogP) is 3.55. The minimum atomic E-state index is -0.211. The highest BCUT2D eigenvalue weighted by Crippen LogP contribution is 2.44. The van der Waals surface area contributed by atoms with Crippen molar-refractivity contribution >= 4 is 34.2 Å². The van der Waals surface area contributed by atoms with Gasteiger partial charge in [0.25, 0.3) is 5.91 Å². The fourth-order valence-corrected chi connectivity index (χ4v) is 5.45. The van der Waals surface area contributed by atoms with E-state index in [0.29, 0.717) is 25.3 Å². The molecule has 1 atom stereocenters. The van der Waals surface area contributed by atoms with Crippen molar-refractivity contribution in [3.63, 3.8) is 0 Å². The molecule has 1 N–H and O–H groups in total. The molecule has 8 heteroatoms. The van der Waals surface area contributed by atoms with Crippen molar-refractivity contribution in [3.05, 3.63) is 77.6 Å². The number of carbonyl (C=O) groups excluding carboxylic acids is 2. The van der Waals surface area contributed by atoms with E-state index in [4.69, 9.17) is 0 Å². The number of para-hydroxylation sites is 2. The average Bonchev–Trinajstić information content (AvgIpc) is 3.41. The van der Waals surface area contributed by atoms with Crippen LogP contribution in [-0.2, 0) is 24.8 Å². The Kier molecular flexibility index (Phi) is 4.69. The SMILES string of the molecule is CN1c2ccccc2C(=O)N2CCc3c(n(CCC(=O)Nc4ccn(C)n4)c4ccccc34)[C@@H]21. The van der Waals surface area contributed by atoms with Crippen LogP contribution in [0.1, 0.15) is 34.2 Å². The van der Waals surface area contributed by atoms with E-state index in [-0.39, 0.29) is 18.0 Å². The van der Waals surface area contributed by atoms with Gasteiger partial charge in [-0.25, -0.2) is 0 Å². The lowest BCUT2D eigenvalue weighted by Crippen LogP contribution is -2.51. The zero-order valence-corrected chi connectivity index (χ0v) is 19.2. The molecule has 0 saturated heterocycles. The molecule has 2 aromatic carbocycles. The van der Waals surface area contributed by atoms with Crippen molar-refractivity contribution in [1.29, 1.82) is 0 Å². The number of hydrogen-bond donors (Lipinski definition) is 1. The lowest BCUT2D eigenvalue weighted by molar-refractivity contribution is -0.116. The quantitative estimate of drug-likeness (QED) is 0.512. The van der Waals surface area contributed by atoms with Crippen LogP contribution in [0.5, 0.6) is 0 Å². The van der Waals surface area contributed by atoms with E-state index in [1.165, 1.54) is 10.9 Å². The summed E-state index contributed by atoms with van der Waals surface area (Å²) >= 11 is 0. The molecule has 2 amide bonds. The number of anilines is 2. The Morgan fingerprint density at radius 3 is 2.71 bits per heavy atom. The van der Waals surface area contributed by atoms with Gasteiger partial charge in [-0.15, -0.1) is 0 Å². The third kappa shape index (κ3) is 3.09.